The average Bonchev–Trinajstić information content (AvgIpc) is 3.16. The summed E-state index contributed by atoms with van der Waals surface area (Å²) in [6.07, 6.45) is 0. The van der Waals surface area contributed by atoms with Crippen LogP contribution in [0, 0.1) is 13.8 Å². The smallest absolute Gasteiger partial charge is 0.200 e. The Morgan fingerprint density at radius 1 is 1.13 bits per heavy atom. The molecular formula is C14H18N8O. The van der Waals surface area contributed by atoms with Gasteiger partial charge in [-0.25, -0.2) is 0 Å². The van der Waals surface area contributed by atoms with Crippen LogP contribution in [0.4, 0.5) is 5.82 Å². The fourth-order valence-corrected chi connectivity index (χ4v) is 2.90. The Morgan fingerprint density at radius 2 is 1.96 bits per heavy atom. The SMILES string of the molecule is Cc1noc(C)c1CN1CCN(c2ccc3nnnn3n2)CC1. The van der Waals surface area contributed by atoms with Gasteiger partial charge in [-0.05, 0) is 36.4 Å². The summed E-state index contributed by atoms with van der Waals surface area (Å²) in [7, 11) is 0. The highest BCUT2D eigenvalue weighted by atomic mass is 16.5. The third-order valence-corrected chi connectivity index (χ3v) is 4.31. The summed E-state index contributed by atoms with van der Waals surface area (Å²) in [5.41, 5.74) is 2.84. The number of nitrogens with zero attached hydrogens (tertiary/aromatic N) is 8. The highest BCUT2D eigenvalue weighted by Gasteiger charge is 2.21. The molecule has 0 unspecified atom stereocenters. The second kappa shape index (κ2) is 5.58. The molecule has 3 aromatic rings. The molecule has 1 aliphatic rings. The Morgan fingerprint density at radius 3 is 2.70 bits per heavy atom. The van der Waals surface area contributed by atoms with Crippen molar-refractivity contribution in [1.82, 2.24) is 35.3 Å². The molecule has 1 saturated heterocycles. The van der Waals surface area contributed by atoms with Gasteiger partial charge in [0.15, 0.2) is 11.5 Å². The summed E-state index contributed by atoms with van der Waals surface area (Å²) in [5, 5.41) is 19.8. The minimum Gasteiger partial charge on any atom is -0.361 e. The summed E-state index contributed by atoms with van der Waals surface area (Å²) in [6, 6.07) is 3.86. The van der Waals surface area contributed by atoms with E-state index in [4.69, 9.17) is 4.52 Å². The molecule has 0 radical (unpaired) electrons. The molecular weight excluding hydrogens is 296 g/mol. The fraction of sp³-hybridized carbons (Fsp3) is 0.500. The summed E-state index contributed by atoms with van der Waals surface area (Å²) in [5.74, 6) is 1.82. The molecule has 0 spiro atoms. The van der Waals surface area contributed by atoms with Crippen LogP contribution in [0.2, 0.25) is 0 Å². The zero-order valence-corrected chi connectivity index (χ0v) is 13.2. The summed E-state index contributed by atoms with van der Waals surface area (Å²) >= 11 is 0. The molecule has 0 atom stereocenters. The number of tetrazole rings is 1. The minimum absolute atomic E-state index is 0.658. The van der Waals surface area contributed by atoms with Gasteiger partial charge in [-0.15, -0.1) is 14.8 Å². The van der Waals surface area contributed by atoms with E-state index in [-0.39, 0.29) is 0 Å². The number of aromatic nitrogens is 6. The van der Waals surface area contributed by atoms with Gasteiger partial charge >= 0.3 is 0 Å². The van der Waals surface area contributed by atoms with E-state index in [9.17, 15) is 0 Å². The van der Waals surface area contributed by atoms with E-state index in [2.05, 4.69) is 35.6 Å². The molecule has 0 N–H and O–H groups in total. The number of fused-ring (bicyclic) bond motifs is 1. The van der Waals surface area contributed by atoms with E-state index in [1.54, 1.807) is 0 Å². The van der Waals surface area contributed by atoms with E-state index in [1.807, 2.05) is 26.0 Å². The fourth-order valence-electron chi connectivity index (χ4n) is 2.90. The van der Waals surface area contributed by atoms with E-state index in [1.165, 1.54) is 10.2 Å². The van der Waals surface area contributed by atoms with E-state index in [0.29, 0.717) is 5.65 Å². The standard InChI is InChI=1S/C14H18N8O/c1-10-12(11(2)23-17-10)9-20-5-7-21(8-6-20)14-4-3-13-15-18-19-22(13)16-14/h3-4H,5-9H2,1-2H3. The van der Waals surface area contributed by atoms with Crippen LogP contribution in [0.15, 0.2) is 16.7 Å². The zero-order valence-electron chi connectivity index (χ0n) is 13.2. The Kier molecular flexibility index (Phi) is 3.41. The van der Waals surface area contributed by atoms with Crippen LogP contribution >= 0.6 is 0 Å². The molecule has 0 amide bonds. The van der Waals surface area contributed by atoms with Crippen molar-refractivity contribution in [2.75, 3.05) is 31.1 Å². The number of aryl methyl sites for hydroxylation is 2. The zero-order chi connectivity index (χ0) is 15.8. The average molecular weight is 314 g/mol. The Balaban J connectivity index is 1.42. The Labute approximate surface area is 132 Å². The van der Waals surface area contributed by atoms with Crippen molar-refractivity contribution >= 4 is 11.5 Å². The van der Waals surface area contributed by atoms with Crippen molar-refractivity contribution in [2.45, 2.75) is 20.4 Å². The van der Waals surface area contributed by atoms with Crippen molar-refractivity contribution in [1.29, 1.82) is 0 Å². The number of anilines is 1. The van der Waals surface area contributed by atoms with Gasteiger partial charge in [-0.1, -0.05) is 5.16 Å². The van der Waals surface area contributed by atoms with Gasteiger partial charge in [-0.3, -0.25) is 4.90 Å². The Hall–Kier alpha value is -2.55. The van der Waals surface area contributed by atoms with Crippen LogP contribution in [0.3, 0.4) is 0 Å². The lowest BCUT2D eigenvalue weighted by atomic mass is 10.2. The molecule has 4 rings (SSSR count). The van der Waals surface area contributed by atoms with Crippen LogP contribution < -0.4 is 4.90 Å². The Bertz CT molecular complexity index is 798. The molecule has 0 saturated carbocycles. The molecule has 0 aliphatic carbocycles. The maximum Gasteiger partial charge on any atom is 0.200 e. The van der Waals surface area contributed by atoms with Crippen LogP contribution in [-0.4, -0.2) is 61.5 Å². The molecule has 4 heterocycles. The predicted octanol–water partition coefficient (Wildman–Crippen LogP) is 0.446. The molecule has 0 bridgehead atoms. The maximum atomic E-state index is 5.24. The third-order valence-electron chi connectivity index (χ3n) is 4.31. The lowest BCUT2D eigenvalue weighted by molar-refractivity contribution is 0.247. The maximum absolute atomic E-state index is 5.24. The van der Waals surface area contributed by atoms with Crippen LogP contribution in [0.25, 0.3) is 5.65 Å². The van der Waals surface area contributed by atoms with Gasteiger partial charge in [-0.2, -0.15) is 0 Å². The first kappa shape index (κ1) is 14.1. The highest BCUT2D eigenvalue weighted by molar-refractivity contribution is 5.44. The first-order chi connectivity index (χ1) is 11.2. The van der Waals surface area contributed by atoms with Gasteiger partial charge in [0.05, 0.1) is 5.69 Å². The highest BCUT2D eigenvalue weighted by Crippen LogP contribution is 2.18. The van der Waals surface area contributed by atoms with Gasteiger partial charge in [0.2, 0.25) is 0 Å². The van der Waals surface area contributed by atoms with Gasteiger partial charge < -0.3 is 9.42 Å². The topological polar surface area (TPSA) is 88.5 Å². The summed E-state index contributed by atoms with van der Waals surface area (Å²) < 4.78 is 6.71. The molecule has 120 valence electrons. The number of piperazine rings is 1. The van der Waals surface area contributed by atoms with Crippen molar-refractivity contribution in [3.05, 3.63) is 29.2 Å². The van der Waals surface area contributed by atoms with Crippen LogP contribution in [0.1, 0.15) is 17.0 Å². The molecule has 3 aromatic heterocycles. The van der Waals surface area contributed by atoms with E-state index < -0.39 is 0 Å². The molecule has 0 aromatic carbocycles. The van der Waals surface area contributed by atoms with Gasteiger partial charge in [0.25, 0.3) is 0 Å². The number of rotatable bonds is 3. The van der Waals surface area contributed by atoms with Crippen molar-refractivity contribution < 1.29 is 4.52 Å². The lowest BCUT2D eigenvalue weighted by Crippen LogP contribution is -2.46. The first-order valence-corrected chi connectivity index (χ1v) is 7.65. The normalized spacial score (nSPS) is 16.3. The molecule has 9 nitrogen and oxygen atoms in total. The second-order valence-electron chi connectivity index (χ2n) is 5.78. The lowest BCUT2D eigenvalue weighted by Gasteiger charge is -2.35. The van der Waals surface area contributed by atoms with Crippen molar-refractivity contribution in [3.63, 3.8) is 0 Å². The quantitative estimate of drug-likeness (QED) is 0.688. The number of hydrogen-bond acceptors (Lipinski definition) is 8. The van der Waals surface area contributed by atoms with Gasteiger partial charge in [0.1, 0.15) is 5.76 Å². The predicted molar refractivity (Wildman–Crippen MR) is 82.0 cm³/mol. The monoisotopic (exact) mass is 314 g/mol. The molecule has 1 aliphatic heterocycles. The van der Waals surface area contributed by atoms with Gasteiger partial charge in [0, 0.05) is 38.3 Å². The van der Waals surface area contributed by atoms with Crippen LogP contribution in [-0.2, 0) is 6.54 Å². The van der Waals surface area contributed by atoms with E-state index in [0.717, 1.165) is 50.0 Å². The molecule has 9 heteroatoms. The van der Waals surface area contributed by atoms with E-state index >= 15 is 0 Å². The molecule has 1 fully saturated rings. The first-order valence-electron chi connectivity index (χ1n) is 7.65. The summed E-state index contributed by atoms with van der Waals surface area (Å²) in [6.45, 7) is 8.63. The van der Waals surface area contributed by atoms with Crippen molar-refractivity contribution in [3.8, 4) is 0 Å². The summed E-state index contributed by atoms with van der Waals surface area (Å²) in [4.78, 5) is 4.67. The van der Waals surface area contributed by atoms with Crippen molar-refractivity contribution in [2.24, 2.45) is 0 Å². The second-order valence-corrected chi connectivity index (χ2v) is 5.78. The molecule has 23 heavy (non-hydrogen) atoms. The minimum atomic E-state index is 0.658. The van der Waals surface area contributed by atoms with Crippen LogP contribution in [0.5, 0.6) is 0 Å². The third kappa shape index (κ3) is 2.63. The largest absolute Gasteiger partial charge is 0.361 e. The number of hydrogen-bond donors (Lipinski definition) is 0.